The minimum absolute atomic E-state index is 0.0669. The molecule has 6 heteroatoms. The molecule has 1 rings (SSSR count). The van der Waals surface area contributed by atoms with Crippen LogP contribution in [0.5, 0.6) is 0 Å². The maximum atomic E-state index is 11.0. The lowest BCUT2D eigenvalue weighted by Crippen LogP contribution is -2.12. The molecule has 0 saturated carbocycles. The molecule has 0 unspecified atom stereocenters. The SMILES string of the molecule is COC(OC)c1ccc(S(N)(=O)=O)cc1. The Morgan fingerprint density at radius 2 is 1.60 bits per heavy atom. The van der Waals surface area contributed by atoms with Crippen LogP contribution in [0.1, 0.15) is 11.9 Å². The lowest BCUT2D eigenvalue weighted by Gasteiger charge is -2.13. The van der Waals surface area contributed by atoms with Crippen LogP contribution in [-0.4, -0.2) is 22.6 Å². The van der Waals surface area contributed by atoms with E-state index in [1.165, 1.54) is 26.4 Å². The maximum absolute atomic E-state index is 11.0. The predicted octanol–water partition coefficient (Wildman–Crippen LogP) is 0.625. The molecule has 0 heterocycles. The van der Waals surface area contributed by atoms with Gasteiger partial charge in [0.25, 0.3) is 0 Å². The summed E-state index contributed by atoms with van der Waals surface area (Å²) in [5, 5.41) is 4.96. The number of benzene rings is 1. The summed E-state index contributed by atoms with van der Waals surface area (Å²) in [6, 6.07) is 6.01. The Hall–Kier alpha value is -0.950. The summed E-state index contributed by atoms with van der Waals surface area (Å²) in [6.07, 6.45) is -0.500. The quantitative estimate of drug-likeness (QED) is 0.771. The summed E-state index contributed by atoms with van der Waals surface area (Å²) in [5.74, 6) is 0. The molecular weight excluding hydrogens is 218 g/mol. The van der Waals surface area contributed by atoms with Gasteiger partial charge in [-0.2, -0.15) is 0 Å². The lowest BCUT2D eigenvalue weighted by molar-refractivity contribution is -0.106. The molecule has 0 spiro atoms. The van der Waals surface area contributed by atoms with Gasteiger partial charge in [0, 0.05) is 19.8 Å². The molecule has 0 fully saturated rings. The van der Waals surface area contributed by atoms with E-state index >= 15 is 0 Å². The van der Waals surface area contributed by atoms with Crippen LogP contribution in [0.25, 0.3) is 0 Å². The number of nitrogens with two attached hydrogens (primary N) is 1. The Balaban J connectivity index is 3.00. The first-order chi connectivity index (χ1) is 6.99. The average Bonchev–Trinajstić information content (AvgIpc) is 2.19. The monoisotopic (exact) mass is 231 g/mol. The molecule has 2 N–H and O–H groups in total. The number of hydrogen-bond donors (Lipinski definition) is 1. The van der Waals surface area contributed by atoms with Crippen LogP contribution >= 0.6 is 0 Å². The molecule has 0 atom stereocenters. The summed E-state index contributed by atoms with van der Waals surface area (Å²) < 4.78 is 32.0. The Morgan fingerprint density at radius 1 is 1.13 bits per heavy atom. The van der Waals surface area contributed by atoms with Crippen LogP contribution in [-0.2, 0) is 19.5 Å². The number of primary sulfonamides is 1. The number of methoxy groups -OCH3 is 2. The van der Waals surface area contributed by atoms with Gasteiger partial charge in [0.05, 0.1) is 4.90 Å². The van der Waals surface area contributed by atoms with E-state index in [2.05, 4.69) is 0 Å². The fraction of sp³-hybridized carbons (Fsp3) is 0.333. The van der Waals surface area contributed by atoms with Gasteiger partial charge >= 0.3 is 0 Å². The van der Waals surface area contributed by atoms with Crippen molar-refractivity contribution in [3.8, 4) is 0 Å². The van der Waals surface area contributed by atoms with Crippen LogP contribution in [0.3, 0.4) is 0 Å². The molecule has 5 nitrogen and oxygen atoms in total. The van der Waals surface area contributed by atoms with E-state index < -0.39 is 16.3 Å². The topological polar surface area (TPSA) is 78.6 Å². The molecule has 0 saturated heterocycles. The molecule has 1 aromatic rings. The van der Waals surface area contributed by atoms with Crippen molar-refractivity contribution in [2.75, 3.05) is 14.2 Å². The summed E-state index contributed by atoms with van der Waals surface area (Å²) >= 11 is 0. The fourth-order valence-electron chi connectivity index (χ4n) is 1.18. The molecule has 0 amide bonds. The largest absolute Gasteiger partial charge is 0.352 e. The van der Waals surface area contributed by atoms with E-state index in [1.54, 1.807) is 12.1 Å². The molecule has 0 aliphatic carbocycles. The Bertz CT molecular complexity index is 408. The number of ether oxygens (including phenoxy) is 2. The first-order valence-corrected chi connectivity index (χ1v) is 5.72. The van der Waals surface area contributed by atoms with Crippen LogP contribution in [0.2, 0.25) is 0 Å². The zero-order valence-corrected chi connectivity index (χ0v) is 9.32. The third-order valence-electron chi connectivity index (χ3n) is 1.91. The van der Waals surface area contributed by atoms with Gasteiger partial charge in [0.1, 0.15) is 0 Å². The van der Waals surface area contributed by atoms with Gasteiger partial charge in [-0.15, -0.1) is 0 Å². The van der Waals surface area contributed by atoms with Gasteiger partial charge in [0.15, 0.2) is 6.29 Å². The highest BCUT2D eigenvalue weighted by atomic mass is 32.2. The van der Waals surface area contributed by atoms with Crippen LogP contribution < -0.4 is 5.14 Å². The van der Waals surface area contributed by atoms with Gasteiger partial charge in [-0.05, 0) is 12.1 Å². The number of rotatable bonds is 4. The summed E-state index contributed by atoms with van der Waals surface area (Å²) in [6.45, 7) is 0. The molecule has 0 bridgehead atoms. The normalized spacial score (nSPS) is 12.0. The first-order valence-electron chi connectivity index (χ1n) is 4.17. The average molecular weight is 231 g/mol. The van der Waals surface area contributed by atoms with Gasteiger partial charge < -0.3 is 9.47 Å². The van der Waals surface area contributed by atoms with Crippen molar-refractivity contribution < 1.29 is 17.9 Å². The fourth-order valence-corrected chi connectivity index (χ4v) is 1.70. The van der Waals surface area contributed by atoms with E-state index in [1.807, 2.05) is 0 Å². The molecule has 0 aromatic heterocycles. The highest BCUT2D eigenvalue weighted by molar-refractivity contribution is 7.89. The molecule has 0 aliphatic rings. The van der Waals surface area contributed by atoms with Crippen molar-refractivity contribution in [1.29, 1.82) is 0 Å². The molecule has 1 aromatic carbocycles. The van der Waals surface area contributed by atoms with E-state index in [4.69, 9.17) is 14.6 Å². The Kier molecular flexibility index (Phi) is 3.81. The second-order valence-corrected chi connectivity index (χ2v) is 4.48. The Morgan fingerprint density at radius 3 is 1.93 bits per heavy atom. The van der Waals surface area contributed by atoms with Crippen LogP contribution in [0.15, 0.2) is 29.2 Å². The standard InChI is InChI=1S/C9H13NO4S/c1-13-9(14-2)7-3-5-8(6-4-7)15(10,11)12/h3-6,9H,1-2H3,(H2,10,11,12). The van der Waals surface area contributed by atoms with E-state index in [-0.39, 0.29) is 4.90 Å². The number of sulfonamides is 1. The molecule has 0 aliphatic heterocycles. The first kappa shape index (κ1) is 12.1. The van der Waals surface area contributed by atoms with E-state index in [0.717, 1.165) is 5.56 Å². The second kappa shape index (κ2) is 4.71. The van der Waals surface area contributed by atoms with Gasteiger partial charge in [-0.3, -0.25) is 0 Å². The molecular formula is C9H13NO4S. The van der Waals surface area contributed by atoms with Crippen molar-refractivity contribution in [3.05, 3.63) is 29.8 Å². The number of hydrogen-bond acceptors (Lipinski definition) is 4. The summed E-state index contributed by atoms with van der Waals surface area (Å²) in [7, 11) is -0.637. The van der Waals surface area contributed by atoms with Crippen LogP contribution in [0.4, 0.5) is 0 Å². The van der Waals surface area contributed by atoms with Crippen molar-refractivity contribution in [3.63, 3.8) is 0 Å². The minimum atomic E-state index is -3.64. The molecule has 0 radical (unpaired) electrons. The third-order valence-corrected chi connectivity index (χ3v) is 2.84. The van der Waals surface area contributed by atoms with E-state index in [0.29, 0.717) is 0 Å². The highest BCUT2D eigenvalue weighted by Crippen LogP contribution is 2.18. The third kappa shape index (κ3) is 3.00. The maximum Gasteiger partial charge on any atom is 0.238 e. The molecule has 15 heavy (non-hydrogen) atoms. The van der Waals surface area contributed by atoms with Crippen molar-refractivity contribution in [2.45, 2.75) is 11.2 Å². The smallest absolute Gasteiger partial charge is 0.238 e. The highest BCUT2D eigenvalue weighted by Gasteiger charge is 2.11. The Labute approximate surface area is 88.9 Å². The summed E-state index contributed by atoms with van der Waals surface area (Å²) in [5.41, 5.74) is 0.729. The lowest BCUT2D eigenvalue weighted by atomic mass is 10.2. The zero-order chi connectivity index (χ0) is 11.5. The molecule has 84 valence electrons. The zero-order valence-electron chi connectivity index (χ0n) is 8.51. The van der Waals surface area contributed by atoms with Gasteiger partial charge in [-0.25, -0.2) is 13.6 Å². The second-order valence-electron chi connectivity index (χ2n) is 2.92. The predicted molar refractivity (Wildman–Crippen MR) is 54.6 cm³/mol. The van der Waals surface area contributed by atoms with Gasteiger partial charge in [-0.1, -0.05) is 12.1 Å². The van der Waals surface area contributed by atoms with Crippen molar-refractivity contribution in [1.82, 2.24) is 0 Å². The van der Waals surface area contributed by atoms with Gasteiger partial charge in [0.2, 0.25) is 10.0 Å². The van der Waals surface area contributed by atoms with E-state index in [9.17, 15) is 8.42 Å². The minimum Gasteiger partial charge on any atom is -0.352 e. The van der Waals surface area contributed by atoms with Crippen LogP contribution in [0, 0.1) is 0 Å². The summed E-state index contributed by atoms with van der Waals surface area (Å²) in [4.78, 5) is 0.0669. The van der Waals surface area contributed by atoms with Crippen molar-refractivity contribution in [2.24, 2.45) is 5.14 Å². The van der Waals surface area contributed by atoms with Crippen molar-refractivity contribution >= 4 is 10.0 Å².